The fourth-order valence-corrected chi connectivity index (χ4v) is 3.68. The van der Waals surface area contributed by atoms with Gasteiger partial charge in [-0.15, -0.1) is 0 Å². The molecule has 21 heavy (non-hydrogen) atoms. The Morgan fingerprint density at radius 2 is 1.81 bits per heavy atom. The minimum atomic E-state index is 0.457. The van der Waals surface area contributed by atoms with Gasteiger partial charge in [0, 0.05) is 6.61 Å². The molecule has 1 atom stereocenters. The standard InChI is InChI=1S/C19H29NO/c1(4-12-20-13-5-6-14-20)7-15-21-19-11-10-17-8-2-3-9-18(17)16-19/h2-3,8-9,19H,1,4-7,10-16H2. The molecule has 2 heteroatoms. The van der Waals surface area contributed by atoms with Crippen molar-refractivity contribution in [1.82, 2.24) is 4.90 Å². The maximum absolute atomic E-state index is 6.10. The third-order valence-electron chi connectivity index (χ3n) is 4.97. The number of aryl methyl sites for hydroxylation is 1. The molecule has 116 valence electrons. The highest BCUT2D eigenvalue weighted by atomic mass is 16.5. The summed E-state index contributed by atoms with van der Waals surface area (Å²) in [7, 11) is 0. The molecule has 0 amide bonds. The van der Waals surface area contributed by atoms with Crippen molar-refractivity contribution in [1.29, 1.82) is 0 Å². The number of unbranched alkanes of at least 4 members (excludes halogenated alkanes) is 2. The molecule has 1 aliphatic heterocycles. The average molecular weight is 287 g/mol. The van der Waals surface area contributed by atoms with Crippen LogP contribution >= 0.6 is 0 Å². The van der Waals surface area contributed by atoms with E-state index in [-0.39, 0.29) is 0 Å². The van der Waals surface area contributed by atoms with E-state index < -0.39 is 0 Å². The van der Waals surface area contributed by atoms with Gasteiger partial charge in [-0.1, -0.05) is 24.3 Å². The number of hydrogen-bond acceptors (Lipinski definition) is 2. The topological polar surface area (TPSA) is 12.5 Å². The summed E-state index contributed by atoms with van der Waals surface area (Å²) in [6.07, 6.45) is 10.7. The van der Waals surface area contributed by atoms with Crippen LogP contribution in [0.25, 0.3) is 0 Å². The van der Waals surface area contributed by atoms with Crippen molar-refractivity contribution in [3.63, 3.8) is 0 Å². The maximum atomic E-state index is 6.10. The van der Waals surface area contributed by atoms with E-state index in [1.54, 1.807) is 0 Å². The van der Waals surface area contributed by atoms with Crippen molar-refractivity contribution >= 4 is 0 Å². The molecule has 1 saturated heterocycles. The fourth-order valence-electron chi connectivity index (χ4n) is 3.68. The van der Waals surface area contributed by atoms with Gasteiger partial charge in [0.2, 0.25) is 0 Å². The molecule has 1 aromatic carbocycles. The van der Waals surface area contributed by atoms with Crippen molar-refractivity contribution in [2.45, 2.75) is 57.5 Å². The van der Waals surface area contributed by atoms with Crippen LogP contribution in [0.4, 0.5) is 0 Å². The highest BCUT2D eigenvalue weighted by molar-refractivity contribution is 5.29. The lowest BCUT2D eigenvalue weighted by Gasteiger charge is -2.24. The maximum Gasteiger partial charge on any atom is 0.0618 e. The summed E-state index contributed by atoms with van der Waals surface area (Å²) in [5.74, 6) is 0. The number of likely N-dealkylation sites (tertiary alicyclic amines) is 1. The highest BCUT2D eigenvalue weighted by Gasteiger charge is 2.18. The summed E-state index contributed by atoms with van der Waals surface area (Å²) < 4.78 is 6.10. The third kappa shape index (κ3) is 4.55. The van der Waals surface area contributed by atoms with Crippen LogP contribution in [-0.4, -0.2) is 37.2 Å². The summed E-state index contributed by atoms with van der Waals surface area (Å²) in [5, 5.41) is 0. The summed E-state index contributed by atoms with van der Waals surface area (Å²) in [6.45, 7) is 4.92. The molecule has 2 aliphatic rings. The van der Waals surface area contributed by atoms with Gasteiger partial charge in [0.05, 0.1) is 6.10 Å². The Kier molecular flexibility index (Phi) is 5.70. The van der Waals surface area contributed by atoms with Crippen LogP contribution in [-0.2, 0) is 17.6 Å². The summed E-state index contributed by atoms with van der Waals surface area (Å²) >= 11 is 0. The van der Waals surface area contributed by atoms with Gasteiger partial charge in [0.15, 0.2) is 0 Å². The Hall–Kier alpha value is -0.860. The van der Waals surface area contributed by atoms with E-state index in [2.05, 4.69) is 29.2 Å². The van der Waals surface area contributed by atoms with E-state index in [0.717, 1.165) is 13.0 Å². The zero-order chi connectivity index (χ0) is 14.3. The van der Waals surface area contributed by atoms with Crippen molar-refractivity contribution in [3.05, 3.63) is 35.4 Å². The van der Waals surface area contributed by atoms with Crippen LogP contribution in [0.5, 0.6) is 0 Å². The van der Waals surface area contributed by atoms with E-state index in [1.165, 1.54) is 75.7 Å². The first kappa shape index (κ1) is 15.1. The van der Waals surface area contributed by atoms with Crippen molar-refractivity contribution in [2.24, 2.45) is 0 Å². The first-order chi connectivity index (χ1) is 10.4. The summed E-state index contributed by atoms with van der Waals surface area (Å²) in [6, 6.07) is 8.84. The number of rotatable bonds is 7. The van der Waals surface area contributed by atoms with Gasteiger partial charge < -0.3 is 9.64 Å². The van der Waals surface area contributed by atoms with Gasteiger partial charge in [0.25, 0.3) is 0 Å². The van der Waals surface area contributed by atoms with Crippen LogP contribution in [0.1, 0.15) is 49.7 Å². The number of hydrogen-bond donors (Lipinski definition) is 0. The predicted molar refractivity (Wildman–Crippen MR) is 87.7 cm³/mol. The summed E-state index contributed by atoms with van der Waals surface area (Å²) in [5.41, 5.74) is 3.03. The van der Waals surface area contributed by atoms with Crippen LogP contribution in [0.3, 0.4) is 0 Å². The molecule has 0 spiro atoms. The largest absolute Gasteiger partial charge is 0.378 e. The van der Waals surface area contributed by atoms with Crippen LogP contribution in [0.15, 0.2) is 24.3 Å². The number of nitrogens with zero attached hydrogens (tertiary/aromatic N) is 1. The van der Waals surface area contributed by atoms with Crippen molar-refractivity contribution < 1.29 is 4.74 Å². The summed E-state index contributed by atoms with van der Waals surface area (Å²) in [4.78, 5) is 2.61. The molecule has 0 N–H and O–H groups in total. The normalized spacial score (nSPS) is 22.4. The first-order valence-electron chi connectivity index (χ1n) is 8.82. The van der Waals surface area contributed by atoms with Crippen molar-refractivity contribution in [3.8, 4) is 0 Å². The minimum Gasteiger partial charge on any atom is -0.378 e. The zero-order valence-electron chi connectivity index (χ0n) is 13.2. The van der Waals surface area contributed by atoms with Crippen LogP contribution in [0, 0.1) is 0 Å². The van der Waals surface area contributed by atoms with E-state index >= 15 is 0 Å². The van der Waals surface area contributed by atoms with Gasteiger partial charge in [-0.2, -0.15) is 0 Å². The van der Waals surface area contributed by atoms with Crippen LogP contribution < -0.4 is 0 Å². The molecular formula is C19H29NO. The van der Waals surface area contributed by atoms with Crippen molar-refractivity contribution in [2.75, 3.05) is 26.2 Å². The van der Waals surface area contributed by atoms with Crippen LogP contribution in [0.2, 0.25) is 0 Å². The minimum absolute atomic E-state index is 0.457. The first-order valence-corrected chi connectivity index (χ1v) is 8.82. The lowest BCUT2D eigenvalue weighted by atomic mass is 9.90. The Labute approximate surface area is 129 Å². The molecule has 1 unspecified atom stereocenters. The molecule has 0 bridgehead atoms. The molecule has 1 aliphatic carbocycles. The quantitative estimate of drug-likeness (QED) is 0.707. The number of fused-ring (bicyclic) bond motifs is 1. The third-order valence-corrected chi connectivity index (χ3v) is 4.97. The zero-order valence-corrected chi connectivity index (χ0v) is 13.2. The lowest BCUT2D eigenvalue weighted by Crippen LogP contribution is -2.23. The van der Waals surface area contributed by atoms with Gasteiger partial charge >= 0.3 is 0 Å². The Balaban J connectivity index is 1.26. The average Bonchev–Trinajstić information content (AvgIpc) is 3.04. The monoisotopic (exact) mass is 287 g/mol. The van der Waals surface area contributed by atoms with Gasteiger partial charge in [-0.05, 0) is 82.1 Å². The van der Waals surface area contributed by atoms with E-state index in [4.69, 9.17) is 4.74 Å². The Bertz CT molecular complexity index is 425. The molecule has 1 aromatic rings. The Morgan fingerprint density at radius 3 is 2.67 bits per heavy atom. The molecule has 0 aromatic heterocycles. The van der Waals surface area contributed by atoms with E-state index in [1.807, 2.05) is 0 Å². The van der Waals surface area contributed by atoms with Gasteiger partial charge in [0.1, 0.15) is 0 Å². The second-order valence-corrected chi connectivity index (χ2v) is 6.61. The SMILES string of the molecule is c1ccc2c(c1)CCC(OCCCCCN1CCCC1)C2. The second kappa shape index (κ2) is 7.95. The number of ether oxygens (including phenoxy) is 1. The Morgan fingerprint density at radius 1 is 1.00 bits per heavy atom. The highest BCUT2D eigenvalue weighted by Crippen LogP contribution is 2.23. The van der Waals surface area contributed by atoms with Gasteiger partial charge in [-0.3, -0.25) is 0 Å². The molecular weight excluding hydrogens is 258 g/mol. The molecule has 0 saturated carbocycles. The molecule has 1 fully saturated rings. The second-order valence-electron chi connectivity index (χ2n) is 6.61. The molecule has 2 nitrogen and oxygen atoms in total. The smallest absolute Gasteiger partial charge is 0.0618 e. The van der Waals surface area contributed by atoms with E-state index in [9.17, 15) is 0 Å². The molecule has 0 radical (unpaired) electrons. The van der Waals surface area contributed by atoms with E-state index in [0.29, 0.717) is 6.10 Å². The van der Waals surface area contributed by atoms with Gasteiger partial charge in [-0.25, -0.2) is 0 Å². The predicted octanol–water partition coefficient (Wildman–Crippen LogP) is 3.83. The number of benzene rings is 1. The molecule has 3 rings (SSSR count). The lowest BCUT2D eigenvalue weighted by molar-refractivity contribution is 0.0415. The fraction of sp³-hybridized carbons (Fsp3) is 0.684. The molecule has 1 heterocycles.